The van der Waals surface area contributed by atoms with E-state index in [1.54, 1.807) is 6.20 Å². The van der Waals surface area contributed by atoms with Crippen LogP contribution in [0.3, 0.4) is 0 Å². The summed E-state index contributed by atoms with van der Waals surface area (Å²) in [6.07, 6.45) is 2.35. The van der Waals surface area contributed by atoms with Crippen molar-refractivity contribution in [3.8, 4) is 0 Å². The summed E-state index contributed by atoms with van der Waals surface area (Å²) >= 11 is 3.15. The summed E-state index contributed by atoms with van der Waals surface area (Å²) in [5, 5.41) is 0. The molecule has 1 atom stereocenters. The minimum Gasteiger partial charge on any atom is -0.310 e. The van der Waals surface area contributed by atoms with Crippen molar-refractivity contribution in [2.45, 2.75) is 12.5 Å². The van der Waals surface area contributed by atoms with Crippen molar-refractivity contribution in [3.63, 3.8) is 0 Å². The van der Waals surface area contributed by atoms with Crippen LogP contribution >= 0.6 is 15.9 Å². The van der Waals surface area contributed by atoms with Crippen molar-refractivity contribution in [1.82, 2.24) is 19.8 Å². The number of hydrogen-bond acceptors (Lipinski definition) is 4. The van der Waals surface area contributed by atoms with Gasteiger partial charge in [0.25, 0.3) is 5.56 Å². The highest BCUT2D eigenvalue weighted by Crippen LogP contribution is 2.10. The fourth-order valence-corrected chi connectivity index (χ4v) is 2.27. The van der Waals surface area contributed by atoms with Crippen LogP contribution in [0.25, 0.3) is 0 Å². The fraction of sp³-hybridized carbons (Fsp3) is 0.636. The number of halogens is 1. The average molecular weight is 301 g/mol. The lowest BCUT2D eigenvalue weighted by Gasteiger charge is -2.37. The third-order valence-corrected chi connectivity index (χ3v) is 3.78. The second-order valence-electron chi connectivity index (χ2n) is 4.61. The van der Waals surface area contributed by atoms with E-state index in [0.29, 0.717) is 10.5 Å². The third kappa shape index (κ3) is 3.14. The van der Waals surface area contributed by atoms with Gasteiger partial charge in [-0.2, -0.15) is 0 Å². The smallest absolute Gasteiger partial charge is 0.265 e. The normalized spacial score (nSPS) is 22.9. The van der Waals surface area contributed by atoms with E-state index in [1.807, 2.05) is 0 Å². The van der Waals surface area contributed by atoms with Gasteiger partial charge in [0.15, 0.2) is 0 Å². The van der Waals surface area contributed by atoms with Gasteiger partial charge >= 0.3 is 0 Å². The van der Waals surface area contributed by atoms with Gasteiger partial charge in [0.05, 0.1) is 0 Å². The van der Waals surface area contributed by atoms with Gasteiger partial charge < -0.3 is 14.8 Å². The maximum Gasteiger partial charge on any atom is 0.265 e. The molecule has 6 heteroatoms. The number of likely N-dealkylation sites (N-methyl/N-ethyl adjacent to an activating group) is 2. The Morgan fingerprint density at radius 2 is 2.29 bits per heavy atom. The molecule has 94 valence electrons. The SMILES string of the molecule is CN1CCN(C)C(Cc2ncc(Br)c(=O)[nH]2)C1. The molecule has 1 fully saturated rings. The van der Waals surface area contributed by atoms with Crippen molar-refractivity contribution in [3.05, 3.63) is 26.8 Å². The molecule has 2 heterocycles. The molecule has 0 amide bonds. The summed E-state index contributed by atoms with van der Waals surface area (Å²) in [5.41, 5.74) is -0.109. The van der Waals surface area contributed by atoms with Crippen LogP contribution in [0.2, 0.25) is 0 Å². The monoisotopic (exact) mass is 300 g/mol. The van der Waals surface area contributed by atoms with Crippen LogP contribution in [-0.2, 0) is 6.42 Å². The molecule has 1 saturated heterocycles. The maximum absolute atomic E-state index is 11.5. The van der Waals surface area contributed by atoms with E-state index < -0.39 is 0 Å². The highest BCUT2D eigenvalue weighted by atomic mass is 79.9. The van der Waals surface area contributed by atoms with E-state index in [0.717, 1.165) is 31.9 Å². The van der Waals surface area contributed by atoms with Gasteiger partial charge in [-0.1, -0.05) is 0 Å². The fourth-order valence-electron chi connectivity index (χ4n) is 2.07. The van der Waals surface area contributed by atoms with Gasteiger partial charge in [-0.25, -0.2) is 4.98 Å². The number of H-pyrrole nitrogens is 1. The third-order valence-electron chi connectivity index (χ3n) is 3.22. The number of piperazine rings is 1. The molecule has 0 spiro atoms. The Bertz CT molecular complexity index is 447. The summed E-state index contributed by atoms with van der Waals surface area (Å²) in [6, 6.07) is 0.415. The molecular weight excluding hydrogens is 284 g/mol. The van der Waals surface area contributed by atoms with E-state index >= 15 is 0 Å². The number of hydrogen-bond donors (Lipinski definition) is 1. The highest BCUT2D eigenvalue weighted by molar-refractivity contribution is 9.10. The molecule has 0 bridgehead atoms. The van der Waals surface area contributed by atoms with Gasteiger partial charge in [-0.15, -0.1) is 0 Å². The molecule has 1 aromatic heterocycles. The first kappa shape index (κ1) is 12.7. The van der Waals surface area contributed by atoms with Crippen LogP contribution in [0.4, 0.5) is 0 Å². The molecule has 1 N–H and O–H groups in total. The van der Waals surface area contributed by atoms with Crippen molar-refractivity contribution in [2.75, 3.05) is 33.7 Å². The zero-order valence-corrected chi connectivity index (χ0v) is 11.7. The van der Waals surface area contributed by atoms with Crippen LogP contribution < -0.4 is 5.56 Å². The van der Waals surface area contributed by atoms with E-state index in [4.69, 9.17) is 0 Å². The summed E-state index contributed by atoms with van der Waals surface area (Å²) in [6.45, 7) is 3.16. The van der Waals surface area contributed by atoms with E-state index in [9.17, 15) is 4.79 Å². The molecule has 5 nitrogen and oxygen atoms in total. The van der Waals surface area contributed by atoms with Gasteiger partial charge in [0.1, 0.15) is 10.3 Å². The first-order valence-electron chi connectivity index (χ1n) is 5.68. The Hall–Kier alpha value is -0.720. The highest BCUT2D eigenvalue weighted by Gasteiger charge is 2.23. The van der Waals surface area contributed by atoms with Crippen molar-refractivity contribution in [1.29, 1.82) is 0 Å². The lowest BCUT2D eigenvalue weighted by atomic mass is 10.1. The largest absolute Gasteiger partial charge is 0.310 e. The van der Waals surface area contributed by atoms with Gasteiger partial charge in [-0.05, 0) is 30.0 Å². The quantitative estimate of drug-likeness (QED) is 0.855. The molecule has 0 aliphatic carbocycles. The van der Waals surface area contributed by atoms with Crippen molar-refractivity contribution in [2.24, 2.45) is 0 Å². The van der Waals surface area contributed by atoms with Crippen LogP contribution in [0.1, 0.15) is 5.82 Å². The van der Waals surface area contributed by atoms with Gasteiger partial charge in [-0.3, -0.25) is 4.79 Å². The molecule has 0 saturated carbocycles. The first-order chi connectivity index (χ1) is 8.06. The number of aromatic nitrogens is 2. The molecule has 2 rings (SSSR count). The predicted molar refractivity (Wildman–Crippen MR) is 70.2 cm³/mol. The molecule has 1 aromatic rings. The molecule has 0 aromatic carbocycles. The zero-order chi connectivity index (χ0) is 12.4. The van der Waals surface area contributed by atoms with E-state index in [-0.39, 0.29) is 5.56 Å². The minimum atomic E-state index is -0.109. The lowest BCUT2D eigenvalue weighted by molar-refractivity contribution is 0.113. The summed E-state index contributed by atoms with van der Waals surface area (Å²) in [5.74, 6) is 0.755. The topological polar surface area (TPSA) is 52.2 Å². The van der Waals surface area contributed by atoms with Crippen LogP contribution in [0, 0.1) is 0 Å². The van der Waals surface area contributed by atoms with Crippen LogP contribution in [0.5, 0.6) is 0 Å². The van der Waals surface area contributed by atoms with Gasteiger partial charge in [0.2, 0.25) is 0 Å². The molecular formula is C11H17BrN4O. The number of nitrogens with zero attached hydrogens (tertiary/aromatic N) is 3. The Kier molecular flexibility index (Phi) is 3.96. The average Bonchev–Trinajstić information content (AvgIpc) is 2.29. The number of aromatic amines is 1. The Labute approximate surface area is 109 Å². The predicted octanol–water partition coefficient (Wildman–Crippen LogP) is 0.321. The summed E-state index contributed by atoms with van der Waals surface area (Å²) < 4.78 is 0.482. The molecule has 1 aliphatic heterocycles. The zero-order valence-electron chi connectivity index (χ0n) is 10.1. The van der Waals surface area contributed by atoms with Crippen LogP contribution in [-0.4, -0.2) is 59.5 Å². The van der Waals surface area contributed by atoms with Crippen LogP contribution in [0.15, 0.2) is 15.5 Å². The second-order valence-corrected chi connectivity index (χ2v) is 5.46. The summed E-state index contributed by atoms with van der Waals surface area (Å²) in [7, 11) is 4.24. The molecule has 0 radical (unpaired) electrons. The van der Waals surface area contributed by atoms with E-state index in [1.165, 1.54) is 0 Å². The number of nitrogens with one attached hydrogen (secondary N) is 1. The first-order valence-corrected chi connectivity index (χ1v) is 6.48. The molecule has 1 aliphatic rings. The molecule has 1 unspecified atom stereocenters. The Morgan fingerprint density at radius 1 is 1.53 bits per heavy atom. The van der Waals surface area contributed by atoms with Crippen molar-refractivity contribution >= 4 is 15.9 Å². The summed E-state index contributed by atoms with van der Waals surface area (Å²) in [4.78, 5) is 23.1. The Balaban J connectivity index is 2.08. The van der Waals surface area contributed by atoms with E-state index in [2.05, 4.69) is 49.8 Å². The lowest BCUT2D eigenvalue weighted by Crippen LogP contribution is -2.51. The maximum atomic E-state index is 11.5. The van der Waals surface area contributed by atoms with Crippen molar-refractivity contribution < 1.29 is 0 Å². The second kappa shape index (κ2) is 5.29. The van der Waals surface area contributed by atoms with Gasteiger partial charge in [0, 0.05) is 38.3 Å². The Morgan fingerprint density at radius 3 is 3.00 bits per heavy atom. The molecule has 17 heavy (non-hydrogen) atoms. The standard InChI is InChI=1S/C11H17BrN4O/c1-15-3-4-16(2)8(7-15)5-10-13-6-9(12)11(17)14-10/h6,8H,3-5,7H2,1-2H3,(H,13,14,17). The minimum absolute atomic E-state index is 0.109. The number of rotatable bonds is 2.